The van der Waals surface area contributed by atoms with Gasteiger partial charge in [-0.1, -0.05) is 54.5 Å². The summed E-state index contributed by atoms with van der Waals surface area (Å²) in [6, 6.07) is 4.69. The van der Waals surface area contributed by atoms with Crippen molar-refractivity contribution in [2.45, 2.75) is 0 Å². The highest BCUT2D eigenvalue weighted by Crippen LogP contribution is 2.29. The summed E-state index contributed by atoms with van der Waals surface area (Å²) in [5, 5.41) is 0. The fourth-order valence-electron chi connectivity index (χ4n) is 1.17. The molecule has 0 radical (unpaired) electrons. The first kappa shape index (κ1) is 4.43. The molecule has 0 spiro atoms. The molecule has 0 heterocycles. The van der Waals surface area contributed by atoms with Crippen LogP contribution in [-0.2, 0) is 0 Å². The molecule has 2 aromatic carbocycles. The summed E-state index contributed by atoms with van der Waals surface area (Å²) in [5.74, 6) is 0. The largest absolute Gasteiger partial charge is 0.238 e. The van der Waals surface area contributed by atoms with Crippen LogP contribution in [0.5, 0.6) is 0 Å². The Morgan fingerprint density at radius 1 is 1.07 bits per heavy atom. The molecule has 2 rings (SSSR count). The third-order valence-electron chi connectivity index (χ3n) is 1.79. The van der Waals surface area contributed by atoms with Gasteiger partial charge in [0.1, 0.15) is 0 Å². The molecule has 2 aromatic rings. The van der Waals surface area contributed by atoms with E-state index in [9.17, 15) is 0 Å². The van der Waals surface area contributed by atoms with Crippen molar-refractivity contribution in [2.75, 3.05) is 0 Å². The Bertz CT molecular complexity index is 674. The minimum Gasteiger partial charge on any atom is -0.238 e. The van der Waals surface area contributed by atoms with Crippen molar-refractivity contribution < 1.29 is 6.85 Å². The third kappa shape index (κ3) is 1.51. The van der Waals surface area contributed by atoms with Gasteiger partial charge < -0.3 is 0 Å². The van der Waals surface area contributed by atoms with Crippen molar-refractivity contribution in [3.05, 3.63) is 65.9 Å². The summed E-state index contributed by atoms with van der Waals surface area (Å²) < 4.78 is 38.5. The molecule has 0 aliphatic rings. The Balaban J connectivity index is 2.88. The molecule has 0 aliphatic heterocycles. The van der Waals surface area contributed by atoms with Crippen LogP contribution in [0.4, 0.5) is 5.69 Å². The average Bonchev–Trinajstić information content (AvgIpc) is 2.44. The van der Waals surface area contributed by atoms with Gasteiger partial charge in [-0.3, -0.25) is 0 Å². The standard InChI is InChI=1S/C13H9N/c1-14-13-10-6-5-9-12(13)11-7-3-2-4-8-11/h2-10H/i2D,3D,4D,7D,8D. The van der Waals surface area contributed by atoms with E-state index in [4.69, 9.17) is 13.4 Å². The van der Waals surface area contributed by atoms with Crippen LogP contribution in [-0.4, -0.2) is 0 Å². The Morgan fingerprint density at radius 3 is 2.50 bits per heavy atom. The van der Waals surface area contributed by atoms with Crippen LogP contribution in [0, 0.1) is 6.57 Å². The van der Waals surface area contributed by atoms with Crippen molar-refractivity contribution in [2.24, 2.45) is 0 Å². The van der Waals surface area contributed by atoms with E-state index in [0.717, 1.165) is 0 Å². The van der Waals surface area contributed by atoms with Crippen LogP contribution in [0.3, 0.4) is 0 Å². The topological polar surface area (TPSA) is 4.36 Å². The highest BCUT2D eigenvalue weighted by Gasteiger charge is 2.01. The van der Waals surface area contributed by atoms with E-state index in [1.54, 1.807) is 24.3 Å². The quantitative estimate of drug-likeness (QED) is 0.592. The van der Waals surface area contributed by atoms with Gasteiger partial charge in [0, 0.05) is 0 Å². The summed E-state index contributed by atoms with van der Waals surface area (Å²) in [6.07, 6.45) is 0. The third-order valence-corrected chi connectivity index (χ3v) is 1.79. The Morgan fingerprint density at radius 2 is 1.79 bits per heavy atom. The van der Waals surface area contributed by atoms with Crippen LogP contribution < -0.4 is 0 Å². The summed E-state index contributed by atoms with van der Waals surface area (Å²) >= 11 is 0. The summed E-state index contributed by atoms with van der Waals surface area (Å²) in [5.41, 5.74) is 0.688. The zero-order valence-corrected chi connectivity index (χ0v) is 7.26. The van der Waals surface area contributed by atoms with Gasteiger partial charge in [0.2, 0.25) is 0 Å². The predicted molar refractivity (Wildman–Crippen MR) is 58.1 cm³/mol. The van der Waals surface area contributed by atoms with Gasteiger partial charge in [-0.15, -0.1) is 0 Å². The normalized spacial score (nSPS) is 14.4. The molecule has 0 unspecified atom stereocenters. The number of hydrogen-bond acceptors (Lipinski definition) is 0. The van der Waals surface area contributed by atoms with Crippen LogP contribution in [0.25, 0.3) is 16.0 Å². The summed E-state index contributed by atoms with van der Waals surface area (Å²) in [7, 11) is 0. The maximum atomic E-state index is 7.87. The minimum atomic E-state index is -0.431. The maximum absolute atomic E-state index is 7.87. The van der Waals surface area contributed by atoms with Crippen molar-refractivity contribution in [1.29, 1.82) is 0 Å². The fourth-order valence-corrected chi connectivity index (χ4v) is 1.17. The van der Waals surface area contributed by atoms with E-state index in [0.29, 0.717) is 5.56 Å². The molecule has 0 fully saturated rings. The predicted octanol–water partition coefficient (Wildman–Crippen LogP) is 3.90. The lowest BCUT2D eigenvalue weighted by Crippen LogP contribution is -1.75. The van der Waals surface area contributed by atoms with Gasteiger partial charge in [-0.05, 0) is 11.1 Å². The molecule has 0 atom stereocenters. The molecule has 66 valence electrons. The van der Waals surface area contributed by atoms with E-state index in [1.165, 1.54) is 0 Å². The zero-order valence-electron chi connectivity index (χ0n) is 12.3. The van der Waals surface area contributed by atoms with E-state index >= 15 is 0 Å². The molecular formula is C13H9N. The van der Waals surface area contributed by atoms with Gasteiger partial charge in [0.15, 0.2) is 5.69 Å². The van der Waals surface area contributed by atoms with Gasteiger partial charge in [-0.2, -0.15) is 0 Å². The summed E-state index contributed by atoms with van der Waals surface area (Å²) in [4.78, 5) is 3.32. The smallest absolute Gasteiger partial charge is 0.194 e. The molecule has 1 heteroatoms. The Labute approximate surface area is 90.5 Å². The minimum absolute atomic E-state index is 0.0672. The molecule has 0 aliphatic carbocycles. The number of para-hydroxylation sites is 1. The van der Waals surface area contributed by atoms with Crippen LogP contribution in [0.2, 0.25) is 0 Å². The van der Waals surface area contributed by atoms with Gasteiger partial charge in [0.25, 0.3) is 0 Å². The van der Waals surface area contributed by atoms with Crippen molar-refractivity contribution in [3.8, 4) is 11.1 Å². The van der Waals surface area contributed by atoms with Crippen molar-refractivity contribution >= 4 is 5.69 Å². The molecule has 1 nitrogen and oxygen atoms in total. The van der Waals surface area contributed by atoms with E-state index in [-0.39, 0.29) is 23.3 Å². The SMILES string of the molecule is [2H]c1c([2H])c([2H])c(-c2ccccc2[N+]#[C-])c([2H])c1[2H]. The Hall–Kier alpha value is -2.07. The molecule has 0 saturated heterocycles. The fraction of sp³-hybridized carbons (Fsp3) is 0. The second-order valence-corrected chi connectivity index (χ2v) is 2.63. The zero-order chi connectivity index (χ0) is 14.2. The first-order valence-corrected chi connectivity index (χ1v) is 4.02. The van der Waals surface area contributed by atoms with E-state index in [1.807, 2.05) is 0 Å². The molecule has 14 heavy (non-hydrogen) atoms. The van der Waals surface area contributed by atoms with Crippen LogP contribution in [0.1, 0.15) is 6.85 Å². The molecule has 0 aromatic heterocycles. The molecule has 0 N–H and O–H groups in total. The van der Waals surface area contributed by atoms with E-state index < -0.39 is 18.1 Å². The van der Waals surface area contributed by atoms with Crippen LogP contribution in [0.15, 0.2) is 54.5 Å². The molecular weight excluding hydrogens is 170 g/mol. The second-order valence-electron chi connectivity index (χ2n) is 2.63. The highest BCUT2D eigenvalue weighted by molar-refractivity contribution is 5.78. The first-order chi connectivity index (χ1) is 8.99. The van der Waals surface area contributed by atoms with Gasteiger partial charge >= 0.3 is 0 Å². The number of nitrogens with zero attached hydrogens (tertiary/aromatic N) is 1. The number of benzene rings is 2. The molecule has 0 saturated carbocycles. The Kier molecular flexibility index (Phi) is 1.19. The number of hydrogen-bond donors (Lipinski definition) is 0. The molecule has 0 amide bonds. The highest BCUT2D eigenvalue weighted by atomic mass is 14.6. The number of rotatable bonds is 1. The lowest BCUT2D eigenvalue weighted by atomic mass is 10.0. The first-order valence-electron chi connectivity index (χ1n) is 6.52. The van der Waals surface area contributed by atoms with Crippen LogP contribution >= 0.6 is 0 Å². The lowest BCUT2D eigenvalue weighted by molar-refractivity contribution is 1.63. The summed E-state index contributed by atoms with van der Waals surface area (Å²) in [6.45, 7) is 7.10. The maximum Gasteiger partial charge on any atom is 0.194 e. The second kappa shape index (κ2) is 3.76. The van der Waals surface area contributed by atoms with E-state index in [2.05, 4.69) is 4.85 Å². The molecule has 0 bridgehead atoms. The average molecular weight is 184 g/mol. The van der Waals surface area contributed by atoms with Gasteiger partial charge in [-0.25, -0.2) is 4.85 Å². The lowest BCUT2D eigenvalue weighted by Gasteiger charge is -2.02. The van der Waals surface area contributed by atoms with Crippen molar-refractivity contribution in [3.63, 3.8) is 0 Å². The van der Waals surface area contributed by atoms with Crippen molar-refractivity contribution in [1.82, 2.24) is 0 Å². The van der Waals surface area contributed by atoms with Gasteiger partial charge in [0.05, 0.1) is 13.4 Å². The monoisotopic (exact) mass is 184 g/mol.